The molecular weight excluding hydrogens is 288 g/mol. The van der Waals surface area contributed by atoms with Crippen LogP contribution in [0.4, 0.5) is 5.13 Å². The summed E-state index contributed by atoms with van der Waals surface area (Å²) >= 11 is 1.06. The number of aromatic carboxylic acids is 1. The third-order valence-electron chi connectivity index (χ3n) is 3.74. The van der Waals surface area contributed by atoms with E-state index in [4.69, 9.17) is 0 Å². The van der Waals surface area contributed by atoms with Gasteiger partial charge < -0.3 is 10.4 Å². The van der Waals surface area contributed by atoms with Crippen molar-refractivity contribution in [3.8, 4) is 0 Å². The van der Waals surface area contributed by atoms with E-state index in [1.54, 1.807) is 0 Å². The number of carboxylic acids is 1. The van der Waals surface area contributed by atoms with Crippen molar-refractivity contribution in [3.63, 3.8) is 0 Å². The van der Waals surface area contributed by atoms with Gasteiger partial charge in [0.15, 0.2) is 5.13 Å². The third kappa shape index (κ3) is 3.81. The van der Waals surface area contributed by atoms with E-state index in [9.17, 15) is 14.7 Å². The number of aromatic nitrogens is 1. The molecule has 1 amide bonds. The molecule has 5 nitrogen and oxygen atoms in total. The standard InChI is InChI=1S/C15H22N2O3S/c1-15(2,3)13(20)17-14-16-10(11(21-14)12(18)19)9-7-5-4-6-8-9/h9H,4-8H2,1-3H3,(H,18,19)(H,16,17,20). The molecule has 0 atom stereocenters. The van der Waals surface area contributed by atoms with Gasteiger partial charge in [0.2, 0.25) is 5.91 Å². The maximum atomic E-state index is 12.0. The molecule has 116 valence electrons. The van der Waals surface area contributed by atoms with Gasteiger partial charge in [-0.15, -0.1) is 0 Å². The molecule has 21 heavy (non-hydrogen) atoms. The Balaban J connectivity index is 2.24. The first-order valence-electron chi connectivity index (χ1n) is 7.34. The van der Waals surface area contributed by atoms with Crippen LogP contribution in [0, 0.1) is 5.41 Å². The van der Waals surface area contributed by atoms with Crippen LogP contribution in [0.1, 0.15) is 74.2 Å². The van der Waals surface area contributed by atoms with Crippen molar-refractivity contribution in [3.05, 3.63) is 10.6 Å². The van der Waals surface area contributed by atoms with Crippen LogP contribution < -0.4 is 5.32 Å². The second kappa shape index (κ2) is 6.13. The monoisotopic (exact) mass is 310 g/mol. The van der Waals surface area contributed by atoms with Crippen LogP contribution in [-0.2, 0) is 4.79 Å². The van der Waals surface area contributed by atoms with E-state index in [-0.39, 0.29) is 16.7 Å². The molecule has 1 fully saturated rings. The average Bonchev–Trinajstić information content (AvgIpc) is 2.83. The SMILES string of the molecule is CC(C)(C)C(=O)Nc1nc(C2CCCCC2)c(C(=O)O)s1. The molecule has 0 aromatic carbocycles. The zero-order valence-electron chi connectivity index (χ0n) is 12.7. The summed E-state index contributed by atoms with van der Waals surface area (Å²) in [5.41, 5.74) is 0.122. The van der Waals surface area contributed by atoms with Crippen LogP contribution in [0.2, 0.25) is 0 Å². The van der Waals surface area contributed by atoms with Gasteiger partial charge in [0.05, 0.1) is 5.69 Å². The number of nitrogens with zero attached hydrogens (tertiary/aromatic N) is 1. The number of nitrogens with one attached hydrogen (secondary N) is 1. The normalized spacial score (nSPS) is 16.7. The largest absolute Gasteiger partial charge is 0.477 e. The number of amides is 1. The van der Waals surface area contributed by atoms with Gasteiger partial charge in [-0.2, -0.15) is 0 Å². The van der Waals surface area contributed by atoms with Crippen LogP contribution in [0.3, 0.4) is 0 Å². The van der Waals surface area contributed by atoms with Crippen molar-refractivity contribution in [2.24, 2.45) is 5.41 Å². The Kier molecular flexibility index (Phi) is 4.66. The highest BCUT2D eigenvalue weighted by Crippen LogP contribution is 2.37. The molecule has 1 aliphatic carbocycles. The summed E-state index contributed by atoms with van der Waals surface area (Å²) in [6, 6.07) is 0. The van der Waals surface area contributed by atoms with E-state index in [0.29, 0.717) is 10.8 Å². The molecule has 0 radical (unpaired) electrons. The minimum absolute atomic E-state index is 0.150. The Bertz CT molecular complexity index is 540. The van der Waals surface area contributed by atoms with Crippen molar-refractivity contribution < 1.29 is 14.7 Å². The zero-order chi connectivity index (χ0) is 15.6. The maximum Gasteiger partial charge on any atom is 0.347 e. The van der Waals surface area contributed by atoms with Crippen molar-refractivity contribution in [1.82, 2.24) is 4.98 Å². The molecule has 0 bridgehead atoms. The summed E-state index contributed by atoms with van der Waals surface area (Å²) < 4.78 is 0. The summed E-state index contributed by atoms with van der Waals surface area (Å²) in [5.74, 6) is -0.894. The molecule has 0 spiro atoms. The van der Waals surface area contributed by atoms with Gasteiger partial charge in [-0.3, -0.25) is 4.79 Å². The van der Waals surface area contributed by atoms with Gasteiger partial charge in [0, 0.05) is 11.3 Å². The number of hydrogen-bond donors (Lipinski definition) is 2. The summed E-state index contributed by atoms with van der Waals surface area (Å²) in [4.78, 5) is 28.1. The number of rotatable bonds is 3. The second-order valence-corrected chi connectivity index (χ2v) is 7.58. The lowest BCUT2D eigenvalue weighted by Crippen LogP contribution is -2.27. The number of thiazole rings is 1. The van der Waals surface area contributed by atoms with Crippen molar-refractivity contribution in [2.45, 2.75) is 58.8 Å². The molecular formula is C15H22N2O3S. The van der Waals surface area contributed by atoms with E-state index < -0.39 is 11.4 Å². The average molecular weight is 310 g/mol. The number of anilines is 1. The van der Waals surface area contributed by atoms with E-state index in [1.165, 1.54) is 6.42 Å². The summed E-state index contributed by atoms with van der Waals surface area (Å²) in [5, 5.41) is 12.5. The van der Waals surface area contributed by atoms with Crippen LogP contribution >= 0.6 is 11.3 Å². The zero-order valence-corrected chi connectivity index (χ0v) is 13.5. The Hall–Kier alpha value is -1.43. The molecule has 0 aliphatic heterocycles. The molecule has 2 rings (SSSR count). The van der Waals surface area contributed by atoms with Gasteiger partial charge in [-0.25, -0.2) is 9.78 Å². The minimum atomic E-state index is -0.954. The fraction of sp³-hybridized carbons (Fsp3) is 0.667. The van der Waals surface area contributed by atoms with Gasteiger partial charge >= 0.3 is 5.97 Å². The predicted octanol–water partition coefficient (Wildman–Crippen LogP) is 3.87. The first kappa shape index (κ1) is 15.9. The first-order chi connectivity index (χ1) is 9.79. The lowest BCUT2D eigenvalue weighted by molar-refractivity contribution is -0.123. The van der Waals surface area contributed by atoms with Gasteiger partial charge in [0.1, 0.15) is 4.88 Å². The molecule has 1 saturated carbocycles. The van der Waals surface area contributed by atoms with Crippen LogP contribution in [0.15, 0.2) is 0 Å². The molecule has 1 aromatic heterocycles. The minimum Gasteiger partial charge on any atom is -0.477 e. The highest BCUT2D eigenvalue weighted by Gasteiger charge is 2.28. The molecule has 1 aromatic rings. The second-order valence-electron chi connectivity index (χ2n) is 6.58. The van der Waals surface area contributed by atoms with Crippen molar-refractivity contribution >= 4 is 28.3 Å². The number of carboxylic acid groups (broad SMARTS) is 1. The maximum absolute atomic E-state index is 12.0. The molecule has 1 heterocycles. The number of hydrogen-bond acceptors (Lipinski definition) is 4. The Morgan fingerprint density at radius 2 is 1.86 bits per heavy atom. The Morgan fingerprint density at radius 3 is 2.38 bits per heavy atom. The summed E-state index contributed by atoms with van der Waals surface area (Å²) in [6.07, 6.45) is 5.40. The van der Waals surface area contributed by atoms with E-state index in [0.717, 1.165) is 37.0 Å². The fourth-order valence-corrected chi connectivity index (χ4v) is 3.36. The molecule has 6 heteroatoms. The highest BCUT2D eigenvalue weighted by molar-refractivity contribution is 7.17. The van der Waals surface area contributed by atoms with Gasteiger partial charge in [-0.05, 0) is 12.8 Å². The lowest BCUT2D eigenvalue weighted by Gasteiger charge is -2.20. The number of carbonyl (C=O) groups excluding carboxylic acids is 1. The van der Waals surface area contributed by atoms with E-state index >= 15 is 0 Å². The van der Waals surface area contributed by atoms with Crippen molar-refractivity contribution in [1.29, 1.82) is 0 Å². The summed E-state index contributed by atoms with van der Waals surface area (Å²) in [6.45, 7) is 5.45. The molecule has 0 unspecified atom stereocenters. The van der Waals surface area contributed by atoms with Crippen LogP contribution in [-0.4, -0.2) is 22.0 Å². The molecule has 1 aliphatic rings. The summed E-state index contributed by atoms with van der Waals surface area (Å²) in [7, 11) is 0. The smallest absolute Gasteiger partial charge is 0.347 e. The van der Waals surface area contributed by atoms with E-state index in [1.807, 2.05) is 20.8 Å². The van der Waals surface area contributed by atoms with Gasteiger partial charge in [-0.1, -0.05) is 51.4 Å². The predicted molar refractivity (Wildman–Crippen MR) is 83.0 cm³/mol. The molecule has 2 N–H and O–H groups in total. The number of carbonyl (C=O) groups is 2. The third-order valence-corrected chi connectivity index (χ3v) is 4.72. The molecule has 0 saturated heterocycles. The quantitative estimate of drug-likeness (QED) is 0.888. The lowest BCUT2D eigenvalue weighted by atomic mass is 9.86. The van der Waals surface area contributed by atoms with Gasteiger partial charge in [0.25, 0.3) is 0 Å². The Labute approximate surface area is 128 Å². The van der Waals surface area contributed by atoms with E-state index in [2.05, 4.69) is 10.3 Å². The van der Waals surface area contributed by atoms with Crippen LogP contribution in [0.5, 0.6) is 0 Å². The topological polar surface area (TPSA) is 79.3 Å². The highest BCUT2D eigenvalue weighted by atomic mass is 32.1. The van der Waals surface area contributed by atoms with Crippen molar-refractivity contribution in [2.75, 3.05) is 5.32 Å². The first-order valence-corrected chi connectivity index (χ1v) is 8.16. The van der Waals surface area contributed by atoms with Crippen LogP contribution in [0.25, 0.3) is 0 Å². The Morgan fingerprint density at radius 1 is 1.24 bits per heavy atom. The fourth-order valence-electron chi connectivity index (χ4n) is 2.48.